The average molecular weight is 493 g/mol. The Morgan fingerprint density at radius 3 is 2.49 bits per heavy atom. The summed E-state index contributed by atoms with van der Waals surface area (Å²) in [5.74, 6) is 0.161. The standard InChI is InChI=1S/C25H31F3N4O3/c1-24(2,3)35-23(34)32-12-6-7-16(14-32)29-22-18-9-5-4-8-17(18)21(30-31-22)19-11-10-15(13-20(19)33)25(26,27)28/h10-11,13,16,33H,4-9,12,14H2,1-3H3,(H,29,31)/t16-/m1/s1. The molecule has 2 heterocycles. The number of carbonyl (C=O) groups excluding carboxylic acids is 1. The Morgan fingerprint density at radius 2 is 1.83 bits per heavy atom. The summed E-state index contributed by atoms with van der Waals surface area (Å²) < 4.78 is 44.6. The summed E-state index contributed by atoms with van der Waals surface area (Å²) in [7, 11) is 0. The van der Waals surface area contributed by atoms with Crippen LogP contribution < -0.4 is 5.32 Å². The zero-order chi connectivity index (χ0) is 25.4. The van der Waals surface area contributed by atoms with Gasteiger partial charge in [-0.1, -0.05) is 0 Å². The van der Waals surface area contributed by atoms with Gasteiger partial charge < -0.3 is 20.1 Å². The van der Waals surface area contributed by atoms with Crippen molar-refractivity contribution in [2.45, 2.75) is 77.1 Å². The molecular formula is C25H31F3N4O3. The first-order valence-electron chi connectivity index (χ1n) is 12.0. The summed E-state index contributed by atoms with van der Waals surface area (Å²) in [5, 5.41) is 22.5. The SMILES string of the molecule is CC(C)(C)OC(=O)N1CCC[C@@H](Nc2nnc(-c3ccc(C(F)(F)F)cc3O)c3c2CCCC3)C1. The van der Waals surface area contributed by atoms with Crippen molar-refractivity contribution >= 4 is 11.9 Å². The maximum absolute atomic E-state index is 13.0. The number of benzene rings is 1. The van der Waals surface area contributed by atoms with Crippen molar-refractivity contribution in [1.29, 1.82) is 0 Å². The highest BCUT2D eigenvalue weighted by molar-refractivity contribution is 5.73. The van der Waals surface area contributed by atoms with Gasteiger partial charge in [0, 0.05) is 30.3 Å². The first kappa shape index (κ1) is 25.1. The number of hydrogen-bond donors (Lipinski definition) is 2. The van der Waals surface area contributed by atoms with E-state index in [9.17, 15) is 23.1 Å². The molecule has 1 aliphatic heterocycles. The summed E-state index contributed by atoms with van der Waals surface area (Å²) in [6.45, 7) is 6.61. The van der Waals surface area contributed by atoms with Crippen LogP contribution in [0.15, 0.2) is 18.2 Å². The molecule has 0 bridgehead atoms. The molecule has 2 aliphatic rings. The van der Waals surface area contributed by atoms with Gasteiger partial charge in [-0.2, -0.15) is 13.2 Å². The smallest absolute Gasteiger partial charge is 0.416 e. The number of aromatic nitrogens is 2. The van der Waals surface area contributed by atoms with Crippen molar-refractivity contribution in [3.8, 4) is 17.0 Å². The van der Waals surface area contributed by atoms with Crippen LogP contribution in [0, 0.1) is 0 Å². The van der Waals surface area contributed by atoms with E-state index < -0.39 is 23.1 Å². The number of phenolic OH excluding ortho intramolecular Hbond substituents is 1. The number of alkyl halides is 3. The highest BCUT2D eigenvalue weighted by atomic mass is 19.4. The Hall–Kier alpha value is -3.04. The van der Waals surface area contributed by atoms with Crippen molar-refractivity contribution in [3.63, 3.8) is 0 Å². The number of amides is 1. The first-order chi connectivity index (χ1) is 16.4. The quantitative estimate of drug-likeness (QED) is 0.584. The van der Waals surface area contributed by atoms with Crippen LogP contribution in [0.4, 0.5) is 23.8 Å². The molecule has 2 N–H and O–H groups in total. The Morgan fingerprint density at radius 1 is 1.11 bits per heavy atom. The minimum atomic E-state index is -4.54. The van der Waals surface area contributed by atoms with Crippen LogP contribution in [0.5, 0.6) is 5.75 Å². The molecule has 1 aromatic heterocycles. The van der Waals surface area contributed by atoms with Crippen LogP contribution in [-0.2, 0) is 23.8 Å². The van der Waals surface area contributed by atoms with E-state index in [1.165, 1.54) is 6.07 Å². The van der Waals surface area contributed by atoms with Gasteiger partial charge in [0.05, 0.1) is 5.56 Å². The Balaban J connectivity index is 1.58. The topological polar surface area (TPSA) is 87.6 Å². The molecule has 7 nitrogen and oxygen atoms in total. The average Bonchev–Trinajstić information content (AvgIpc) is 2.78. The zero-order valence-electron chi connectivity index (χ0n) is 20.2. The maximum atomic E-state index is 13.0. The third kappa shape index (κ3) is 5.79. The summed E-state index contributed by atoms with van der Waals surface area (Å²) in [6.07, 6.45) is 0.130. The van der Waals surface area contributed by atoms with E-state index in [1.807, 2.05) is 20.8 Å². The van der Waals surface area contributed by atoms with Crippen molar-refractivity contribution < 1.29 is 27.8 Å². The van der Waals surface area contributed by atoms with Gasteiger partial charge in [-0.15, -0.1) is 10.2 Å². The number of anilines is 1. The van der Waals surface area contributed by atoms with Crippen LogP contribution in [0.1, 0.15) is 63.1 Å². The van der Waals surface area contributed by atoms with Gasteiger partial charge >= 0.3 is 12.3 Å². The second-order valence-corrected chi connectivity index (χ2v) is 10.2. The minimum Gasteiger partial charge on any atom is -0.507 e. The summed E-state index contributed by atoms with van der Waals surface area (Å²) in [5.41, 5.74) is 1.03. The lowest BCUT2D eigenvalue weighted by Gasteiger charge is -2.35. The number of ether oxygens (including phenoxy) is 1. The van der Waals surface area contributed by atoms with Crippen molar-refractivity contribution in [1.82, 2.24) is 15.1 Å². The van der Waals surface area contributed by atoms with Gasteiger partial charge in [0.2, 0.25) is 0 Å². The molecule has 1 atom stereocenters. The van der Waals surface area contributed by atoms with E-state index >= 15 is 0 Å². The third-order valence-corrected chi connectivity index (χ3v) is 6.28. The number of phenols is 1. The molecule has 1 aliphatic carbocycles. The second kappa shape index (κ2) is 9.54. The predicted octanol–water partition coefficient (Wildman–Crippen LogP) is 5.56. The molecule has 1 fully saturated rings. The molecule has 4 rings (SSSR count). The van der Waals surface area contributed by atoms with Gasteiger partial charge in [0.1, 0.15) is 17.0 Å². The molecule has 0 saturated carbocycles. The fourth-order valence-electron chi connectivity index (χ4n) is 4.67. The van der Waals surface area contributed by atoms with E-state index in [4.69, 9.17) is 4.74 Å². The number of rotatable bonds is 3. The monoisotopic (exact) mass is 492 g/mol. The lowest BCUT2D eigenvalue weighted by atomic mass is 9.88. The Bertz CT molecular complexity index is 1100. The number of carbonyl (C=O) groups is 1. The van der Waals surface area contributed by atoms with E-state index in [0.29, 0.717) is 31.0 Å². The molecule has 0 radical (unpaired) electrons. The van der Waals surface area contributed by atoms with Crippen LogP contribution in [0.25, 0.3) is 11.3 Å². The van der Waals surface area contributed by atoms with E-state index in [0.717, 1.165) is 55.4 Å². The summed E-state index contributed by atoms with van der Waals surface area (Å²) in [4.78, 5) is 14.2. The molecule has 10 heteroatoms. The van der Waals surface area contributed by atoms with Gasteiger partial charge in [-0.25, -0.2) is 4.79 Å². The van der Waals surface area contributed by atoms with Gasteiger partial charge in [-0.05, 0) is 83.1 Å². The number of aromatic hydroxyl groups is 1. The van der Waals surface area contributed by atoms with Crippen molar-refractivity contribution in [2.75, 3.05) is 18.4 Å². The molecule has 1 amide bonds. The Kier molecular flexibility index (Phi) is 6.83. The molecule has 190 valence electrons. The van der Waals surface area contributed by atoms with Gasteiger partial charge in [0.25, 0.3) is 0 Å². The van der Waals surface area contributed by atoms with Gasteiger partial charge in [-0.3, -0.25) is 0 Å². The third-order valence-electron chi connectivity index (χ3n) is 6.28. The van der Waals surface area contributed by atoms with Crippen LogP contribution in [0.2, 0.25) is 0 Å². The van der Waals surface area contributed by atoms with E-state index in [2.05, 4.69) is 15.5 Å². The van der Waals surface area contributed by atoms with E-state index in [1.54, 1.807) is 4.90 Å². The van der Waals surface area contributed by atoms with Crippen LogP contribution in [-0.4, -0.2) is 51.0 Å². The molecule has 0 unspecified atom stereocenters. The second-order valence-electron chi connectivity index (χ2n) is 10.2. The number of halogens is 3. The van der Waals surface area contributed by atoms with Crippen molar-refractivity contribution in [2.24, 2.45) is 0 Å². The van der Waals surface area contributed by atoms with Crippen LogP contribution >= 0.6 is 0 Å². The lowest BCUT2D eigenvalue weighted by molar-refractivity contribution is -0.137. The number of hydrogen-bond acceptors (Lipinski definition) is 6. The molecule has 1 aromatic carbocycles. The fourth-order valence-corrected chi connectivity index (χ4v) is 4.67. The predicted molar refractivity (Wildman–Crippen MR) is 125 cm³/mol. The number of fused-ring (bicyclic) bond motifs is 1. The molecule has 0 spiro atoms. The molecule has 1 saturated heterocycles. The number of nitrogens with one attached hydrogen (secondary N) is 1. The highest BCUT2D eigenvalue weighted by Gasteiger charge is 2.32. The van der Waals surface area contributed by atoms with Crippen molar-refractivity contribution in [3.05, 3.63) is 34.9 Å². The number of piperidine rings is 1. The lowest BCUT2D eigenvalue weighted by Crippen LogP contribution is -2.47. The normalized spacial score (nSPS) is 18.7. The zero-order valence-corrected chi connectivity index (χ0v) is 20.2. The maximum Gasteiger partial charge on any atom is 0.416 e. The fraction of sp³-hybridized carbons (Fsp3) is 0.560. The largest absolute Gasteiger partial charge is 0.507 e. The van der Waals surface area contributed by atoms with E-state index in [-0.39, 0.29) is 17.7 Å². The first-order valence-corrected chi connectivity index (χ1v) is 12.0. The highest BCUT2D eigenvalue weighted by Crippen LogP contribution is 2.40. The minimum absolute atomic E-state index is 0.0260. The summed E-state index contributed by atoms with van der Waals surface area (Å²) in [6, 6.07) is 2.91. The molecule has 35 heavy (non-hydrogen) atoms. The molecular weight excluding hydrogens is 461 g/mol. The Labute approximate surface area is 202 Å². The van der Waals surface area contributed by atoms with Gasteiger partial charge in [0.15, 0.2) is 5.82 Å². The number of nitrogens with zero attached hydrogens (tertiary/aromatic N) is 3. The number of likely N-dealkylation sites (tertiary alicyclic amines) is 1. The molecule has 2 aromatic rings. The summed E-state index contributed by atoms with van der Waals surface area (Å²) >= 11 is 0. The van der Waals surface area contributed by atoms with Crippen LogP contribution in [0.3, 0.4) is 0 Å².